The van der Waals surface area contributed by atoms with Gasteiger partial charge in [-0.2, -0.15) is 0 Å². The molecule has 0 radical (unpaired) electrons. The molecule has 0 aliphatic carbocycles. The Labute approximate surface area is 165 Å². The van der Waals surface area contributed by atoms with Gasteiger partial charge >= 0.3 is 0 Å². The van der Waals surface area contributed by atoms with Gasteiger partial charge in [-0.25, -0.2) is 0 Å². The standard InChI is InChI=1S/C18H23N3O3.HI/c1-22-15-10-9-13(16(23-2)17(15)24-3)11-12-20-18(19)21-14-7-5-4-6-8-14;/h4-10H,11-12H2,1-3H3,(H3,19,20,21);1H. The SMILES string of the molecule is COc1ccc(CCN=C(N)Nc2ccccc2)c(OC)c1OC.I. The molecule has 2 aromatic rings. The molecule has 0 aliphatic heterocycles. The van der Waals surface area contributed by atoms with Crippen LogP contribution in [-0.2, 0) is 6.42 Å². The third-order valence-corrected chi connectivity index (χ3v) is 3.50. The molecule has 0 aliphatic rings. The van der Waals surface area contributed by atoms with Gasteiger partial charge in [0.15, 0.2) is 17.5 Å². The summed E-state index contributed by atoms with van der Waals surface area (Å²) in [6.45, 7) is 0.525. The molecular formula is C18H24IN3O3. The van der Waals surface area contributed by atoms with E-state index in [1.807, 2.05) is 42.5 Å². The van der Waals surface area contributed by atoms with Gasteiger partial charge in [0.1, 0.15) is 0 Å². The van der Waals surface area contributed by atoms with E-state index in [2.05, 4.69) is 10.3 Å². The fraction of sp³-hybridized carbons (Fsp3) is 0.278. The molecule has 0 atom stereocenters. The summed E-state index contributed by atoms with van der Waals surface area (Å²) < 4.78 is 16.1. The summed E-state index contributed by atoms with van der Waals surface area (Å²) >= 11 is 0. The molecule has 25 heavy (non-hydrogen) atoms. The summed E-state index contributed by atoms with van der Waals surface area (Å²) in [4.78, 5) is 4.34. The molecule has 0 heterocycles. The Hall–Kier alpha value is -2.16. The van der Waals surface area contributed by atoms with Crippen LogP contribution in [0.1, 0.15) is 5.56 Å². The van der Waals surface area contributed by atoms with Gasteiger partial charge < -0.3 is 25.3 Å². The van der Waals surface area contributed by atoms with E-state index in [0.717, 1.165) is 11.3 Å². The van der Waals surface area contributed by atoms with E-state index in [-0.39, 0.29) is 24.0 Å². The summed E-state index contributed by atoms with van der Waals surface area (Å²) in [5.41, 5.74) is 7.79. The third kappa shape index (κ3) is 5.70. The van der Waals surface area contributed by atoms with Crippen molar-refractivity contribution in [2.75, 3.05) is 33.2 Å². The van der Waals surface area contributed by atoms with Crippen molar-refractivity contribution in [1.82, 2.24) is 0 Å². The molecule has 136 valence electrons. The van der Waals surface area contributed by atoms with Gasteiger partial charge in [-0.3, -0.25) is 4.99 Å². The Bertz CT molecular complexity index is 693. The largest absolute Gasteiger partial charge is 0.493 e. The number of rotatable bonds is 7. The Morgan fingerprint density at radius 1 is 0.960 bits per heavy atom. The predicted octanol–water partition coefficient (Wildman–Crippen LogP) is 3.30. The molecule has 3 N–H and O–H groups in total. The number of hydrogen-bond acceptors (Lipinski definition) is 4. The second kappa shape index (κ2) is 10.7. The van der Waals surface area contributed by atoms with Gasteiger partial charge in [-0.15, -0.1) is 24.0 Å². The zero-order valence-electron chi connectivity index (χ0n) is 14.6. The van der Waals surface area contributed by atoms with Crippen LogP contribution in [0.25, 0.3) is 0 Å². The molecule has 0 spiro atoms. The van der Waals surface area contributed by atoms with E-state index in [1.54, 1.807) is 21.3 Å². The smallest absolute Gasteiger partial charge is 0.203 e. The highest BCUT2D eigenvalue weighted by Crippen LogP contribution is 2.39. The van der Waals surface area contributed by atoms with Crippen molar-refractivity contribution in [1.29, 1.82) is 0 Å². The number of anilines is 1. The van der Waals surface area contributed by atoms with Crippen LogP contribution in [-0.4, -0.2) is 33.8 Å². The molecule has 0 saturated carbocycles. The maximum atomic E-state index is 5.91. The topological polar surface area (TPSA) is 78.1 Å². The molecular weight excluding hydrogens is 433 g/mol. The van der Waals surface area contributed by atoms with Crippen LogP contribution >= 0.6 is 24.0 Å². The van der Waals surface area contributed by atoms with Gasteiger partial charge in [-0.05, 0) is 24.6 Å². The molecule has 0 amide bonds. The van der Waals surface area contributed by atoms with Crippen LogP contribution < -0.4 is 25.3 Å². The number of halogens is 1. The maximum absolute atomic E-state index is 5.91. The van der Waals surface area contributed by atoms with E-state index in [1.165, 1.54) is 0 Å². The molecule has 0 unspecified atom stereocenters. The first-order chi connectivity index (χ1) is 11.7. The second-order valence-electron chi connectivity index (χ2n) is 5.00. The Kier molecular flexibility index (Phi) is 8.90. The lowest BCUT2D eigenvalue weighted by molar-refractivity contribution is 0.322. The Balaban J connectivity index is 0.00000312. The second-order valence-corrected chi connectivity index (χ2v) is 5.00. The highest BCUT2D eigenvalue weighted by molar-refractivity contribution is 14.0. The summed E-state index contributed by atoms with van der Waals surface area (Å²) in [7, 11) is 4.79. The molecule has 0 aromatic heterocycles. The van der Waals surface area contributed by atoms with Crippen LogP contribution in [0.3, 0.4) is 0 Å². The number of ether oxygens (including phenoxy) is 3. The predicted molar refractivity (Wildman–Crippen MR) is 112 cm³/mol. The van der Waals surface area contributed by atoms with Gasteiger partial charge in [0.05, 0.1) is 21.3 Å². The fourth-order valence-corrected chi connectivity index (χ4v) is 2.37. The molecule has 0 saturated heterocycles. The fourth-order valence-electron chi connectivity index (χ4n) is 2.37. The van der Waals surface area contributed by atoms with Crippen LogP contribution in [0.2, 0.25) is 0 Å². The number of methoxy groups -OCH3 is 3. The van der Waals surface area contributed by atoms with Gasteiger partial charge in [0, 0.05) is 17.8 Å². The average molecular weight is 457 g/mol. The Morgan fingerprint density at radius 3 is 2.24 bits per heavy atom. The van der Waals surface area contributed by atoms with E-state index < -0.39 is 0 Å². The summed E-state index contributed by atoms with van der Waals surface area (Å²) in [6, 6.07) is 13.5. The number of nitrogens with two attached hydrogens (primary N) is 1. The Morgan fingerprint density at radius 2 is 1.64 bits per heavy atom. The normalized spacial score (nSPS) is 10.6. The lowest BCUT2D eigenvalue weighted by Gasteiger charge is -2.15. The van der Waals surface area contributed by atoms with Gasteiger partial charge in [0.2, 0.25) is 5.75 Å². The van der Waals surface area contributed by atoms with Crippen LogP contribution in [0.5, 0.6) is 17.2 Å². The van der Waals surface area contributed by atoms with Crippen molar-refractivity contribution in [3.63, 3.8) is 0 Å². The molecule has 2 aromatic carbocycles. The van der Waals surface area contributed by atoms with Crippen molar-refractivity contribution in [2.45, 2.75) is 6.42 Å². The number of aliphatic imine (C=N–C) groups is 1. The first kappa shape index (κ1) is 20.9. The minimum absolute atomic E-state index is 0. The molecule has 7 heteroatoms. The maximum Gasteiger partial charge on any atom is 0.203 e. The quantitative estimate of drug-likeness (QED) is 0.379. The molecule has 0 fully saturated rings. The van der Waals surface area contributed by atoms with Crippen LogP contribution in [0.4, 0.5) is 5.69 Å². The first-order valence-corrected chi connectivity index (χ1v) is 7.59. The number of guanidine groups is 1. The van der Waals surface area contributed by atoms with Gasteiger partial charge in [-0.1, -0.05) is 24.3 Å². The average Bonchev–Trinajstić information content (AvgIpc) is 2.61. The summed E-state index contributed by atoms with van der Waals surface area (Å²) in [5.74, 6) is 2.24. The first-order valence-electron chi connectivity index (χ1n) is 7.59. The molecule has 6 nitrogen and oxygen atoms in total. The van der Waals surface area contributed by atoms with Crippen molar-refractivity contribution in [3.05, 3.63) is 48.0 Å². The van der Waals surface area contributed by atoms with E-state index in [4.69, 9.17) is 19.9 Å². The van der Waals surface area contributed by atoms with Crippen molar-refractivity contribution in [3.8, 4) is 17.2 Å². The van der Waals surface area contributed by atoms with E-state index >= 15 is 0 Å². The number of benzene rings is 2. The van der Waals surface area contributed by atoms with Gasteiger partial charge in [0.25, 0.3) is 0 Å². The third-order valence-electron chi connectivity index (χ3n) is 3.50. The molecule has 2 rings (SSSR count). The minimum Gasteiger partial charge on any atom is -0.493 e. The highest BCUT2D eigenvalue weighted by atomic mass is 127. The van der Waals surface area contributed by atoms with Crippen molar-refractivity contribution in [2.24, 2.45) is 10.7 Å². The number of hydrogen-bond donors (Lipinski definition) is 2. The zero-order valence-corrected chi connectivity index (χ0v) is 16.9. The minimum atomic E-state index is 0. The number of nitrogens with zero attached hydrogens (tertiary/aromatic N) is 1. The lowest BCUT2D eigenvalue weighted by atomic mass is 10.1. The van der Waals surface area contributed by atoms with Crippen LogP contribution in [0.15, 0.2) is 47.5 Å². The monoisotopic (exact) mass is 457 g/mol. The van der Waals surface area contributed by atoms with Crippen molar-refractivity contribution < 1.29 is 14.2 Å². The van der Waals surface area contributed by atoms with E-state index in [0.29, 0.717) is 36.2 Å². The number of para-hydroxylation sites is 1. The van der Waals surface area contributed by atoms with Crippen LogP contribution in [0, 0.1) is 0 Å². The summed E-state index contributed by atoms with van der Waals surface area (Å²) in [5, 5.41) is 3.05. The number of nitrogens with one attached hydrogen (secondary N) is 1. The van der Waals surface area contributed by atoms with Crippen molar-refractivity contribution >= 4 is 35.6 Å². The lowest BCUT2D eigenvalue weighted by Crippen LogP contribution is -2.23. The highest BCUT2D eigenvalue weighted by Gasteiger charge is 2.15. The summed E-state index contributed by atoms with van der Waals surface area (Å²) in [6.07, 6.45) is 0.667. The zero-order chi connectivity index (χ0) is 17.4. The molecule has 0 bridgehead atoms. The van der Waals surface area contributed by atoms with E-state index in [9.17, 15) is 0 Å².